The Hall–Kier alpha value is -6.62. The summed E-state index contributed by atoms with van der Waals surface area (Å²) < 4.78 is 0. The van der Waals surface area contributed by atoms with Crippen molar-refractivity contribution in [3.8, 4) is 12.1 Å². The first-order chi connectivity index (χ1) is 28.9. The second-order valence-corrected chi connectivity index (χ2v) is 20.5. The quantitative estimate of drug-likeness (QED) is 0.164. The smallest absolute Gasteiger partial charge is 0.101 e. The second kappa shape index (κ2) is 14.0. The van der Waals surface area contributed by atoms with Crippen molar-refractivity contribution >= 4 is 66.4 Å². The predicted molar refractivity (Wildman–Crippen MR) is 257 cm³/mol. The van der Waals surface area contributed by atoms with Crippen LogP contribution < -0.4 is 9.80 Å². The third kappa shape index (κ3) is 6.67. The molecule has 8 aromatic rings. The summed E-state index contributed by atoms with van der Waals surface area (Å²) in [5.41, 5.74) is 11.5. The van der Waals surface area contributed by atoms with Gasteiger partial charge in [-0.05, 0) is 133 Å². The van der Waals surface area contributed by atoms with Crippen LogP contribution in [0.1, 0.15) is 109 Å². The zero-order chi connectivity index (χ0) is 43.2. The van der Waals surface area contributed by atoms with E-state index in [1.54, 1.807) is 0 Å². The number of nitrogens with zero attached hydrogens (tertiary/aromatic N) is 4. The molecule has 4 heteroatoms. The van der Waals surface area contributed by atoms with Crippen LogP contribution in [0, 0.1) is 22.7 Å². The van der Waals surface area contributed by atoms with Gasteiger partial charge in [-0.1, -0.05) is 142 Å². The van der Waals surface area contributed by atoms with Crippen LogP contribution in [0.2, 0.25) is 0 Å². The van der Waals surface area contributed by atoms with Crippen LogP contribution in [-0.4, -0.2) is 0 Å². The number of fused-ring (bicyclic) bond motifs is 2. The van der Waals surface area contributed by atoms with Crippen LogP contribution in [-0.2, 0) is 21.7 Å². The summed E-state index contributed by atoms with van der Waals surface area (Å²) in [5.74, 6) is 0. The molecular weight excluding hydrogens is 741 g/mol. The van der Waals surface area contributed by atoms with Gasteiger partial charge < -0.3 is 9.80 Å². The number of rotatable bonds is 2. The van der Waals surface area contributed by atoms with Gasteiger partial charge in [0.15, 0.2) is 0 Å². The summed E-state index contributed by atoms with van der Waals surface area (Å²) in [7, 11) is 0. The lowest BCUT2D eigenvalue weighted by Gasteiger charge is -2.36. The molecule has 0 saturated carbocycles. The fourth-order valence-electron chi connectivity index (χ4n) is 10.0. The normalized spacial score (nSPS) is 15.1. The molecule has 0 fully saturated rings. The van der Waals surface area contributed by atoms with E-state index in [0.29, 0.717) is 11.1 Å². The highest BCUT2D eigenvalue weighted by molar-refractivity contribution is 6.29. The second-order valence-electron chi connectivity index (χ2n) is 20.5. The fraction of sp³-hybridized carbons (Fsp3) is 0.263. The first kappa shape index (κ1) is 39.8. The van der Waals surface area contributed by atoms with Crippen LogP contribution in [0.4, 0.5) is 34.1 Å². The van der Waals surface area contributed by atoms with Crippen LogP contribution in [0.3, 0.4) is 0 Å². The molecule has 0 aliphatic carbocycles. The molecule has 0 atom stereocenters. The largest absolute Gasteiger partial charge is 0.309 e. The molecule has 4 nitrogen and oxygen atoms in total. The van der Waals surface area contributed by atoms with Gasteiger partial charge in [-0.3, -0.25) is 0 Å². The van der Waals surface area contributed by atoms with Crippen molar-refractivity contribution < 1.29 is 0 Å². The molecule has 4 aliphatic heterocycles. The van der Waals surface area contributed by atoms with Gasteiger partial charge in [-0.15, -0.1) is 0 Å². The Labute approximate surface area is 361 Å². The Morgan fingerprint density at radius 2 is 0.754 bits per heavy atom. The summed E-state index contributed by atoms with van der Waals surface area (Å²) in [5, 5.41) is 28.1. The molecule has 0 spiro atoms. The third-order valence-electron chi connectivity index (χ3n) is 13.2. The van der Waals surface area contributed by atoms with Gasteiger partial charge in [-0.25, -0.2) is 0 Å². The van der Waals surface area contributed by atoms with Gasteiger partial charge in [0, 0.05) is 33.5 Å². The molecule has 0 aromatic heterocycles. The van der Waals surface area contributed by atoms with Crippen molar-refractivity contribution in [2.75, 3.05) is 9.80 Å². The average molecular weight is 795 g/mol. The lowest BCUT2D eigenvalue weighted by molar-refractivity contribution is 0.349. The van der Waals surface area contributed by atoms with Crippen molar-refractivity contribution in [2.45, 2.75) is 97.3 Å². The molecule has 61 heavy (non-hydrogen) atoms. The van der Waals surface area contributed by atoms with Gasteiger partial charge in [0.2, 0.25) is 0 Å². The number of benzene rings is 8. The summed E-state index contributed by atoms with van der Waals surface area (Å²) in [4.78, 5) is 4.55. The molecule has 10 bridgehead atoms. The van der Waals surface area contributed by atoms with E-state index >= 15 is 0 Å². The van der Waals surface area contributed by atoms with E-state index in [-0.39, 0.29) is 21.7 Å². The van der Waals surface area contributed by atoms with Crippen LogP contribution in [0.5, 0.6) is 0 Å². The third-order valence-corrected chi connectivity index (χ3v) is 13.2. The maximum absolute atomic E-state index is 11.0. The number of hydrogen-bond acceptors (Lipinski definition) is 4. The number of hydrogen-bond donors (Lipinski definition) is 0. The van der Waals surface area contributed by atoms with Gasteiger partial charge in [0.1, 0.15) is 12.1 Å². The fourth-order valence-corrected chi connectivity index (χ4v) is 10.0. The molecule has 0 N–H and O–H groups in total. The summed E-state index contributed by atoms with van der Waals surface area (Å²) in [6.07, 6.45) is 0.923. The van der Waals surface area contributed by atoms with Crippen molar-refractivity contribution in [2.24, 2.45) is 0 Å². The minimum absolute atomic E-state index is 0.0137. The van der Waals surface area contributed by atoms with Crippen molar-refractivity contribution in [3.05, 3.63) is 167 Å². The minimum Gasteiger partial charge on any atom is -0.309 e. The van der Waals surface area contributed by atoms with Gasteiger partial charge in [-0.2, -0.15) is 10.5 Å². The van der Waals surface area contributed by atoms with Crippen LogP contribution >= 0.6 is 0 Å². The number of anilines is 6. The topological polar surface area (TPSA) is 54.1 Å². The van der Waals surface area contributed by atoms with Crippen LogP contribution in [0.25, 0.3) is 32.3 Å². The summed E-state index contributed by atoms with van der Waals surface area (Å²) in [6, 6.07) is 53.6. The first-order valence-corrected chi connectivity index (χ1v) is 21.5. The van der Waals surface area contributed by atoms with E-state index in [1.165, 1.54) is 22.3 Å². The Balaban J connectivity index is 1.42. The molecule has 0 radical (unpaired) electrons. The van der Waals surface area contributed by atoms with E-state index in [2.05, 4.69) is 225 Å². The summed E-state index contributed by atoms with van der Waals surface area (Å²) in [6.45, 7) is 22.8. The molecule has 0 saturated heterocycles. The summed E-state index contributed by atoms with van der Waals surface area (Å²) >= 11 is 0. The van der Waals surface area contributed by atoms with Crippen molar-refractivity contribution in [1.29, 1.82) is 10.5 Å². The van der Waals surface area contributed by atoms with Gasteiger partial charge in [0.25, 0.3) is 0 Å². The molecule has 302 valence electrons. The molecule has 0 amide bonds. The highest BCUT2D eigenvalue weighted by Crippen LogP contribution is 2.51. The van der Waals surface area contributed by atoms with Crippen molar-refractivity contribution in [1.82, 2.24) is 0 Å². The Bertz CT molecular complexity index is 2840. The Morgan fingerprint density at radius 3 is 1.05 bits per heavy atom. The van der Waals surface area contributed by atoms with Gasteiger partial charge >= 0.3 is 0 Å². The maximum atomic E-state index is 11.0. The SMILES string of the molecule is CC(C)(C)c1ccc(N2c3ccc(cc3)C(C)(C)CC(C)(C)c3ccc(cc3)N(c3ccc(C(C)(C)C)cc3)c3c(C#N)cc4ccc5cc(C#N)c2c2ccc3c4c52)cc1. The van der Waals surface area contributed by atoms with E-state index < -0.39 is 0 Å². The highest BCUT2D eigenvalue weighted by atomic mass is 15.2. The maximum Gasteiger partial charge on any atom is 0.101 e. The standard InChI is InChI=1S/C57H54N4/c1-54(2,3)40-13-21-44(22-14-40)60-46-25-17-42(18-26-46)56(7,8)35-57(9,10)43-19-27-47(28-20-43)61(45-23-15-41(16-24-45)55(4,5)6)53-39(34-59)32-37-12-11-36-31-38(33-58)52(60)48-29-30-49(53)51(37)50(36)48/h11-32H,35H2,1-10H3. The first-order valence-electron chi connectivity index (χ1n) is 21.5. The van der Waals surface area contributed by atoms with Crippen LogP contribution in [0.15, 0.2) is 133 Å². The average Bonchev–Trinajstić information content (AvgIpc) is 3.23. The van der Waals surface area contributed by atoms with Gasteiger partial charge in [0.05, 0.1) is 22.5 Å². The van der Waals surface area contributed by atoms with E-state index in [0.717, 1.165) is 72.9 Å². The molecule has 8 aromatic carbocycles. The van der Waals surface area contributed by atoms with E-state index in [4.69, 9.17) is 0 Å². The molecule has 4 heterocycles. The Kier molecular flexibility index (Phi) is 9.12. The molecule has 4 aliphatic rings. The zero-order valence-corrected chi connectivity index (χ0v) is 37.2. The van der Waals surface area contributed by atoms with Crippen molar-refractivity contribution in [3.63, 3.8) is 0 Å². The molecular formula is C57H54N4. The minimum atomic E-state index is -0.150. The molecule has 0 unspecified atom stereocenters. The molecule has 12 rings (SSSR count). The van der Waals surface area contributed by atoms with E-state index in [1.807, 2.05) is 0 Å². The van der Waals surface area contributed by atoms with E-state index in [9.17, 15) is 10.5 Å². The lowest BCUT2D eigenvalue weighted by Crippen LogP contribution is -2.30. The number of nitriles is 2. The zero-order valence-electron chi connectivity index (χ0n) is 37.2. The lowest BCUT2D eigenvalue weighted by atomic mass is 9.68. The highest BCUT2D eigenvalue weighted by Gasteiger charge is 2.33. The predicted octanol–water partition coefficient (Wildman–Crippen LogP) is 15.8. The monoisotopic (exact) mass is 794 g/mol. The Morgan fingerprint density at radius 1 is 0.443 bits per heavy atom.